The number of rotatable bonds is 8. The Balaban J connectivity index is 3.55. The highest BCUT2D eigenvalue weighted by atomic mass is 28.4. The summed E-state index contributed by atoms with van der Waals surface area (Å²) in [5.74, 6) is 0. The third-order valence-corrected chi connectivity index (χ3v) is 3.46. The van der Waals surface area contributed by atoms with E-state index in [1.165, 1.54) is 0 Å². The Bertz CT molecular complexity index is 169. The molecule has 4 heteroatoms. The van der Waals surface area contributed by atoms with E-state index in [-0.39, 0.29) is 0 Å². The molecule has 0 rings (SSSR count). The highest BCUT2D eigenvalue weighted by Gasteiger charge is 2.22. The summed E-state index contributed by atoms with van der Waals surface area (Å²) >= 11 is 0. The molecule has 0 amide bonds. The molecule has 0 atom stereocenters. The van der Waals surface area contributed by atoms with Crippen LogP contribution in [-0.2, 0) is 13.9 Å². The van der Waals surface area contributed by atoms with Crippen LogP contribution in [0.1, 0.15) is 6.92 Å². The monoisotopic (exact) mass is 218 g/mol. The van der Waals surface area contributed by atoms with E-state index >= 15 is 0 Å². The smallest absolute Gasteiger partial charge is 0.212 e. The van der Waals surface area contributed by atoms with Crippen LogP contribution in [0.4, 0.5) is 0 Å². The summed E-state index contributed by atoms with van der Waals surface area (Å²) < 4.78 is 16.1. The van der Waals surface area contributed by atoms with Crippen molar-refractivity contribution in [3.8, 4) is 0 Å². The predicted octanol–water partition coefficient (Wildman–Crippen LogP) is 1.99. The Kier molecular flexibility index (Phi) is 7.09. The van der Waals surface area contributed by atoms with Gasteiger partial charge in [-0.25, -0.2) is 0 Å². The van der Waals surface area contributed by atoms with Crippen molar-refractivity contribution in [1.29, 1.82) is 0 Å². The van der Waals surface area contributed by atoms with Gasteiger partial charge in [0.15, 0.2) is 0 Å². The molecule has 0 aromatic carbocycles. The van der Waals surface area contributed by atoms with E-state index in [9.17, 15) is 0 Å². The lowest BCUT2D eigenvalue weighted by molar-refractivity contribution is 0.128. The molecular formula is C10H22O3Si. The molecule has 0 saturated heterocycles. The fourth-order valence-corrected chi connectivity index (χ4v) is 2.23. The van der Waals surface area contributed by atoms with E-state index in [4.69, 9.17) is 13.9 Å². The molecular weight excluding hydrogens is 196 g/mol. The van der Waals surface area contributed by atoms with Crippen LogP contribution >= 0.6 is 0 Å². The van der Waals surface area contributed by atoms with E-state index in [1.54, 1.807) is 7.11 Å². The van der Waals surface area contributed by atoms with Crippen LogP contribution in [0.2, 0.25) is 13.1 Å². The van der Waals surface area contributed by atoms with Gasteiger partial charge in [-0.1, -0.05) is 12.2 Å². The van der Waals surface area contributed by atoms with Gasteiger partial charge in [0.25, 0.3) is 0 Å². The van der Waals surface area contributed by atoms with E-state index in [1.807, 2.05) is 6.92 Å². The molecule has 0 aliphatic rings. The van der Waals surface area contributed by atoms with Gasteiger partial charge in [0, 0.05) is 7.11 Å². The van der Waals surface area contributed by atoms with E-state index in [0.29, 0.717) is 26.1 Å². The normalized spacial score (nSPS) is 11.7. The quantitative estimate of drug-likeness (QED) is 0.354. The van der Waals surface area contributed by atoms with Crippen molar-refractivity contribution in [3.05, 3.63) is 12.2 Å². The van der Waals surface area contributed by atoms with Crippen LogP contribution in [0, 0.1) is 0 Å². The first kappa shape index (κ1) is 13.8. The Morgan fingerprint density at radius 2 is 1.93 bits per heavy atom. The number of hydrogen-bond acceptors (Lipinski definition) is 3. The molecule has 0 fully saturated rings. The van der Waals surface area contributed by atoms with Crippen molar-refractivity contribution >= 4 is 8.32 Å². The lowest BCUT2D eigenvalue weighted by Gasteiger charge is -2.22. The number of methoxy groups -OCH3 is 1. The van der Waals surface area contributed by atoms with Gasteiger partial charge in [0.1, 0.15) is 0 Å². The molecule has 3 nitrogen and oxygen atoms in total. The van der Waals surface area contributed by atoms with Gasteiger partial charge in [-0.05, 0) is 20.0 Å². The lowest BCUT2D eigenvalue weighted by atomic mass is 10.4. The van der Waals surface area contributed by atoms with Crippen molar-refractivity contribution in [2.45, 2.75) is 20.0 Å². The number of hydrogen-bond donors (Lipinski definition) is 0. The van der Waals surface area contributed by atoms with Crippen molar-refractivity contribution < 1.29 is 13.9 Å². The van der Waals surface area contributed by atoms with Gasteiger partial charge >= 0.3 is 0 Å². The van der Waals surface area contributed by atoms with Gasteiger partial charge in [0.2, 0.25) is 8.32 Å². The molecule has 0 bridgehead atoms. The second-order valence-corrected chi connectivity index (χ2v) is 8.15. The van der Waals surface area contributed by atoms with E-state index < -0.39 is 8.32 Å². The lowest BCUT2D eigenvalue weighted by Crippen LogP contribution is -2.38. The fraction of sp³-hybridized carbons (Fsp3) is 0.800. The molecule has 0 aliphatic heterocycles. The van der Waals surface area contributed by atoms with Gasteiger partial charge in [0.05, 0.1) is 26.1 Å². The molecule has 0 radical (unpaired) electrons. The summed E-state index contributed by atoms with van der Waals surface area (Å²) in [6, 6.07) is 0. The van der Waals surface area contributed by atoms with Crippen LogP contribution < -0.4 is 0 Å². The maximum Gasteiger partial charge on any atom is 0.212 e. The molecule has 0 aromatic rings. The second kappa shape index (κ2) is 7.17. The Morgan fingerprint density at radius 3 is 2.43 bits per heavy atom. The average molecular weight is 218 g/mol. The summed E-state index contributed by atoms with van der Waals surface area (Å²) in [7, 11) is 0.0254. The van der Waals surface area contributed by atoms with E-state index in [2.05, 4.69) is 19.7 Å². The fourth-order valence-electron chi connectivity index (χ4n) is 0.914. The largest absolute Gasteiger partial charge is 0.413 e. The minimum atomic E-state index is -1.65. The van der Waals surface area contributed by atoms with E-state index in [0.717, 1.165) is 5.57 Å². The van der Waals surface area contributed by atoms with Gasteiger partial charge < -0.3 is 13.9 Å². The maximum absolute atomic E-state index is 5.71. The summed E-state index contributed by atoms with van der Waals surface area (Å²) in [5, 5.41) is 0. The van der Waals surface area contributed by atoms with Crippen LogP contribution in [-0.4, -0.2) is 41.5 Å². The minimum absolute atomic E-state index is 0.629. The van der Waals surface area contributed by atoms with Crippen molar-refractivity contribution in [2.24, 2.45) is 0 Å². The standard InChI is InChI=1S/C10H22O3Si/c1-10(2)8-12-9-14(4,5)13-7-6-11-3/h1,6-9H2,2-5H3. The van der Waals surface area contributed by atoms with Crippen molar-refractivity contribution in [3.63, 3.8) is 0 Å². The van der Waals surface area contributed by atoms with Gasteiger partial charge in [-0.3, -0.25) is 0 Å². The maximum atomic E-state index is 5.71. The molecule has 0 spiro atoms. The number of ether oxygens (including phenoxy) is 2. The van der Waals surface area contributed by atoms with Crippen molar-refractivity contribution in [2.75, 3.05) is 33.2 Å². The second-order valence-electron chi connectivity index (χ2n) is 4.05. The van der Waals surface area contributed by atoms with Crippen LogP contribution in [0.5, 0.6) is 0 Å². The first-order valence-corrected chi connectivity index (χ1v) is 7.94. The third kappa shape index (κ3) is 8.44. The Labute approximate surface area is 88.2 Å². The Hall–Kier alpha value is -0.163. The topological polar surface area (TPSA) is 27.7 Å². The molecule has 0 aromatic heterocycles. The zero-order valence-corrected chi connectivity index (χ0v) is 10.8. The third-order valence-electron chi connectivity index (χ3n) is 1.58. The van der Waals surface area contributed by atoms with Gasteiger partial charge in [-0.15, -0.1) is 0 Å². The summed E-state index contributed by atoms with van der Waals surface area (Å²) in [5.41, 5.74) is 1.05. The summed E-state index contributed by atoms with van der Waals surface area (Å²) in [6.45, 7) is 12.0. The Morgan fingerprint density at radius 1 is 1.29 bits per heavy atom. The summed E-state index contributed by atoms with van der Waals surface area (Å²) in [4.78, 5) is 0. The first-order chi connectivity index (χ1) is 6.48. The van der Waals surface area contributed by atoms with Crippen LogP contribution in [0.25, 0.3) is 0 Å². The highest BCUT2D eigenvalue weighted by Crippen LogP contribution is 2.05. The molecule has 0 heterocycles. The van der Waals surface area contributed by atoms with Crippen LogP contribution in [0.3, 0.4) is 0 Å². The molecule has 14 heavy (non-hydrogen) atoms. The predicted molar refractivity (Wildman–Crippen MR) is 60.9 cm³/mol. The average Bonchev–Trinajstić information content (AvgIpc) is 2.03. The minimum Gasteiger partial charge on any atom is -0.413 e. The molecule has 0 N–H and O–H groups in total. The highest BCUT2D eigenvalue weighted by molar-refractivity contribution is 6.71. The molecule has 0 saturated carbocycles. The zero-order chi connectivity index (χ0) is 11.0. The van der Waals surface area contributed by atoms with Gasteiger partial charge in [-0.2, -0.15) is 0 Å². The molecule has 0 aliphatic carbocycles. The SMILES string of the molecule is C=C(C)COC[Si](C)(C)OCCOC. The van der Waals surface area contributed by atoms with Crippen molar-refractivity contribution in [1.82, 2.24) is 0 Å². The van der Waals surface area contributed by atoms with Crippen LogP contribution in [0.15, 0.2) is 12.2 Å². The zero-order valence-electron chi connectivity index (χ0n) is 9.76. The summed E-state index contributed by atoms with van der Waals surface area (Å²) in [6.07, 6.45) is 0.712. The molecule has 0 unspecified atom stereocenters. The first-order valence-electron chi connectivity index (χ1n) is 4.83. The molecule has 84 valence electrons.